The third-order valence-electron chi connectivity index (χ3n) is 2.93. The lowest BCUT2D eigenvalue weighted by atomic mass is 10.2. The van der Waals surface area contributed by atoms with Crippen LogP contribution in [0.3, 0.4) is 0 Å². The van der Waals surface area contributed by atoms with Gasteiger partial charge in [0.2, 0.25) is 0 Å². The van der Waals surface area contributed by atoms with Gasteiger partial charge in [-0.2, -0.15) is 10.4 Å². The van der Waals surface area contributed by atoms with E-state index in [0.29, 0.717) is 17.2 Å². The van der Waals surface area contributed by atoms with Crippen LogP contribution in [0.1, 0.15) is 24.0 Å². The van der Waals surface area contributed by atoms with Crippen LogP contribution >= 0.6 is 12.2 Å². The molecule has 0 amide bonds. The lowest BCUT2D eigenvalue weighted by molar-refractivity contribution is 0.114. The van der Waals surface area contributed by atoms with E-state index in [1.807, 2.05) is 12.1 Å². The van der Waals surface area contributed by atoms with Crippen LogP contribution < -0.4 is 10.7 Å². The molecule has 20 heavy (non-hydrogen) atoms. The van der Waals surface area contributed by atoms with Crippen molar-refractivity contribution in [2.24, 2.45) is 5.10 Å². The van der Waals surface area contributed by atoms with Crippen LogP contribution in [0.15, 0.2) is 29.4 Å². The van der Waals surface area contributed by atoms with Crippen molar-refractivity contribution in [1.82, 2.24) is 10.7 Å². The molecule has 6 heteroatoms. The SMILES string of the molecule is N#Cc1ccc(/C=N\NC(=S)NC[C@@H]2CCCO2)cc1. The fourth-order valence-electron chi connectivity index (χ4n) is 1.86. The molecular weight excluding hydrogens is 272 g/mol. The van der Waals surface area contributed by atoms with Crippen LogP contribution in [0.4, 0.5) is 0 Å². The van der Waals surface area contributed by atoms with Crippen molar-refractivity contribution < 1.29 is 4.74 Å². The van der Waals surface area contributed by atoms with Gasteiger partial charge in [-0.25, -0.2) is 0 Å². The van der Waals surface area contributed by atoms with Gasteiger partial charge in [0, 0.05) is 13.2 Å². The number of hydrogen-bond donors (Lipinski definition) is 2. The highest BCUT2D eigenvalue weighted by atomic mass is 32.1. The van der Waals surface area contributed by atoms with Crippen LogP contribution in [0.25, 0.3) is 0 Å². The predicted molar refractivity (Wildman–Crippen MR) is 81.5 cm³/mol. The van der Waals surface area contributed by atoms with Crippen molar-refractivity contribution in [2.75, 3.05) is 13.2 Å². The second kappa shape index (κ2) is 7.58. The molecule has 104 valence electrons. The molecule has 0 unspecified atom stereocenters. The van der Waals surface area contributed by atoms with Crippen molar-refractivity contribution in [3.05, 3.63) is 35.4 Å². The molecule has 0 saturated carbocycles. The van der Waals surface area contributed by atoms with Crippen LogP contribution in [0.5, 0.6) is 0 Å². The summed E-state index contributed by atoms with van der Waals surface area (Å²) in [5.41, 5.74) is 4.28. The van der Waals surface area contributed by atoms with Gasteiger partial charge in [-0.15, -0.1) is 0 Å². The third-order valence-corrected chi connectivity index (χ3v) is 3.17. The van der Waals surface area contributed by atoms with E-state index in [1.165, 1.54) is 0 Å². The Morgan fingerprint density at radius 2 is 2.30 bits per heavy atom. The fourth-order valence-corrected chi connectivity index (χ4v) is 2.00. The molecule has 1 atom stereocenters. The number of nitrogens with one attached hydrogen (secondary N) is 2. The Kier molecular flexibility index (Phi) is 5.47. The van der Waals surface area contributed by atoms with E-state index < -0.39 is 0 Å². The van der Waals surface area contributed by atoms with E-state index in [1.54, 1.807) is 18.3 Å². The molecule has 0 bridgehead atoms. The molecule has 5 nitrogen and oxygen atoms in total. The first-order chi connectivity index (χ1) is 9.78. The van der Waals surface area contributed by atoms with Gasteiger partial charge >= 0.3 is 0 Å². The number of nitrogens with zero attached hydrogens (tertiary/aromatic N) is 2. The average molecular weight is 288 g/mol. The van der Waals surface area contributed by atoms with Gasteiger partial charge in [0.25, 0.3) is 0 Å². The van der Waals surface area contributed by atoms with Crippen LogP contribution in [0, 0.1) is 11.3 Å². The minimum atomic E-state index is 0.247. The molecule has 1 aromatic rings. The second-order valence-electron chi connectivity index (χ2n) is 4.45. The fraction of sp³-hybridized carbons (Fsp3) is 0.357. The van der Waals surface area contributed by atoms with E-state index in [-0.39, 0.29) is 6.10 Å². The summed E-state index contributed by atoms with van der Waals surface area (Å²) < 4.78 is 5.48. The van der Waals surface area contributed by atoms with Gasteiger partial charge in [-0.1, -0.05) is 12.1 Å². The van der Waals surface area contributed by atoms with Crippen LogP contribution in [0.2, 0.25) is 0 Å². The second-order valence-corrected chi connectivity index (χ2v) is 4.86. The summed E-state index contributed by atoms with van der Waals surface area (Å²) in [5, 5.41) is 16.3. The van der Waals surface area contributed by atoms with E-state index in [4.69, 9.17) is 22.2 Å². The summed E-state index contributed by atoms with van der Waals surface area (Å²) in [7, 11) is 0. The Hall–Kier alpha value is -1.97. The van der Waals surface area contributed by atoms with E-state index >= 15 is 0 Å². The molecule has 0 aliphatic carbocycles. The average Bonchev–Trinajstić information content (AvgIpc) is 2.99. The molecule has 1 aliphatic heterocycles. The Labute approximate surface area is 123 Å². The minimum absolute atomic E-state index is 0.247. The smallest absolute Gasteiger partial charge is 0.187 e. The monoisotopic (exact) mass is 288 g/mol. The molecule has 1 aliphatic rings. The molecule has 1 saturated heterocycles. The zero-order valence-electron chi connectivity index (χ0n) is 11.0. The first-order valence-electron chi connectivity index (χ1n) is 6.46. The maximum atomic E-state index is 8.69. The van der Waals surface area contributed by atoms with Crippen LogP contribution in [-0.2, 0) is 4.74 Å². The quantitative estimate of drug-likeness (QED) is 0.499. The highest BCUT2D eigenvalue weighted by Gasteiger charge is 2.14. The highest BCUT2D eigenvalue weighted by molar-refractivity contribution is 7.80. The Morgan fingerprint density at radius 3 is 2.95 bits per heavy atom. The summed E-state index contributed by atoms with van der Waals surface area (Å²) in [6.45, 7) is 1.54. The molecular formula is C14H16N4OS. The van der Waals surface area contributed by atoms with Crippen molar-refractivity contribution in [3.63, 3.8) is 0 Å². The summed E-state index contributed by atoms with van der Waals surface area (Å²) in [5.74, 6) is 0. The van der Waals surface area contributed by atoms with Crippen molar-refractivity contribution in [3.8, 4) is 6.07 Å². The van der Waals surface area contributed by atoms with Gasteiger partial charge in [-0.3, -0.25) is 5.43 Å². The lowest BCUT2D eigenvalue weighted by Crippen LogP contribution is -2.37. The summed E-state index contributed by atoms with van der Waals surface area (Å²) in [4.78, 5) is 0. The zero-order chi connectivity index (χ0) is 14.2. The maximum absolute atomic E-state index is 8.69. The van der Waals surface area contributed by atoms with E-state index in [9.17, 15) is 0 Å². The van der Waals surface area contributed by atoms with Gasteiger partial charge in [0.15, 0.2) is 5.11 Å². The summed E-state index contributed by atoms with van der Waals surface area (Å²) in [6.07, 6.45) is 4.09. The topological polar surface area (TPSA) is 69.4 Å². The standard InChI is InChI=1S/C14H16N4OS/c15-8-11-3-5-12(6-4-11)9-17-18-14(20)16-10-13-2-1-7-19-13/h3-6,9,13H,1-2,7,10H2,(H2,16,18,20)/b17-9-/t13-/m0/s1. The van der Waals surface area contributed by atoms with Crippen molar-refractivity contribution in [1.29, 1.82) is 5.26 Å². The molecule has 0 spiro atoms. The van der Waals surface area contributed by atoms with E-state index in [0.717, 1.165) is 25.0 Å². The van der Waals surface area contributed by atoms with E-state index in [2.05, 4.69) is 21.9 Å². The van der Waals surface area contributed by atoms with Gasteiger partial charge in [0.1, 0.15) is 0 Å². The van der Waals surface area contributed by atoms with Gasteiger partial charge in [-0.05, 0) is 42.8 Å². The Bertz CT molecular complexity index is 515. The zero-order valence-corrected chi connectivity index (χ0v) is 11.8. The molecule has 0 radical (unpaired) electrons. The Morgan fingerprint density at radius 1 is 1.50 bits per heavy atom. The summed E-state index contributed by atoms with van der Waals surface area (Å²) in [6, 6.07) is 9.21. The van der Waals surface area contributed by atoms with Crippen molar-refractivity contribution in [2.45, 2.75) is 18.9 Å². The van der Waals surface area contributed by atoms with Crippen LogP contribution in [-0.4, -0.2) is 30.6 Å². The maximum Gasteiger partial charge on any atom is 0.187 e. The molecule has 0 aromatic heterocycles. The Balaban J connectivity index is 1.71. The molecule has 2 rings (SSSR count). The number of thiocarbonyl (C=S) groups is 1. The number of hydrogen-bond acceptors (Lipinski definition) is 4. The molecule has 1 heterocycles. The number of benzene rings is 1. The molecule has 1 fully saturated rings. The molecule has 1 aromatic carbocycles. The summed E-state index contributed by atoms with van der Waals surface area (Å²) >= 11 is 5.11. The predicted octanol–water partition coefficient (Wildman–Crippen LogP) is 1.54. The first kappa shape index (κ1) is 14.4. The number of ether oxygens (including phenoxy) is 1. The third kappa shape index (κ3) is 4.61. The minimum Gasteiger partial charge on any atom is -0.376 e. The number of hydrazone groups is 1. The van der Waals surface area contributed by atoms with Gasteiger partial charge in [0.05, 0.1) is 24.0 Å². The number of rotatable bonds is 4. The van der Waals surface area contributed by atoms with Gasteiger partial charge < -0.3 is 10.1 Å². The molecule has 2 N–H and O–H groups in total. The lowest BCUT2D eigenvalue weighted by Gasteiger charge is -2.11. The first-order valence-corrected chi connectivity index (χ1v) is 6.87. The van der Waals surface area contributed by atoms with Crippen molar-refractivity contribution >= 4 is 23.5 Å². The normalized spacial score (nSPS) is 17.9. The number of nitriles is 1. The largest absolute Gasteiger partial charge is 0.376 e. The highest BCUT2D eigenvalue weighted by Crippen LogP contribution is 2.10.